The number of hydrogen-bond acceptors (Lipinski definition) is 7. The Bertz CT molecular complexity index is 1280. The molecule has 1 saturated heterocycles. The summed E-state index contributed by atoms with van der Waals surface area (Å²) >= 11 is 0. The van der Waals surface area contributed by atoms with Gasteiger partial charge in [-0.25, -0.2) is 9.59 Å². The van der Waals surface area contributed by atoms with E-state index < -0.39 is 12.6 Å². The molecular formula is C30H33F2N3O6. The molecule has 3 aromatic rings. The van der Waals surface area contributed by atoms with Crippen LogP contribution in [0.1, 0.15) is 27.6 Å². The van der Waals surface area contributed by atoms with Crippen molar-refractivity contribution in [3.63, 3.8) is 0 Å². The molecule has 0 bridgehead atoms. The van der Waals surface area contributed by atoms with E-state index in [-0.39, 0.29) is 17.9 Å². The highest BCUT2D eigenvalue weighted by Gasteiger charge is 2.25. The number of carbonyl (C=O) groups excluding carboxylic acids is 2. The SMILES string of the molecule is COC(=O)c1ccc(COC(CN2CCN(C(=O)Nc3ccc(OC(F)F)cc3)CC2)c2cccc(OC)c2)cc1. The molecule has 0 aromatic heterocycles. The maximum Gasteiger partial charge on any atom is 0.387 e. The number of ether oxygens (including phenoxy) is 4. The Morgan fingerprint density at radius 3 is 2.24 bits per heavy atom. The number of amides is 2. The number of benzene rings is 3. The summed E-state index contributed by atoms with van der Waals surface area (Å²) in [6.07, 6.45) is -0.264. The van der Waals surface area contributed by atoms with Crippen molar-refractivity contribution in [2.24, 2.45) is 0 Å². The van der Waals surface area contributed by atoms with Crippen LogP contribution in [-0.2, 0) is 16.1 Å². The van der Waals surface area contributed by atoms with Gasteiger partial charge in [0.2, 0.25) is 0 Å². The zero-order valence-electron chi connectivity index (χ0n) is 22.9. The van der Waals surface area contributed by atoms with Crippen molar-refractivity contribution < 1.29 is 37.3 Å². The predicted molar refractivity (Wildman–Crippen MR) is 148 cm³/mol. The van der Waals surface area contributed by atoms with Crippen LogP contribution < -0.4 is 14.8 Å². The Hall–Kier alpha value is -4.22. The summed E-state index contributed by atoms with van der Waals surface area (Å²) in [4.78, 5) is 28.5. The molecular weight excluding hydrogens is 536 g/mol. The van der Waals surface area contributed by atoms with Crippen LogP contribution in [0.4, 0.5) is 19.3 Å². The summed E-state index contributed by atoms with van der Waals surface area (Å²) in [5.41, 5.74) is 2.85. The molecule has 9 nitrogen and oxygen atoms in total. The first-order valence-corrected chi connectivity index (χ1v) is 13.1. The second-order valence-corrected chi connectivity index (χ2v) is 9.39. The van der Waals surface area contributed by atoms with Crippen molar-refractivity contribution in [3.8, 4) is 11.5 Å². The first kappa shape index (κ1) is 29.8. The molecule has 1 aliphatic rings. The van der Waals surface area contributed by atoms with Gasteiger partial charge >= 0.3 is 18.6 Å². The molecule has 4 rings (SSSR count). The van der Waals surface area contributed by atoms with E-state index in [0.29, 0.717) is 50.6 Å². The molecule has 0 aliphatic carbocycles. The maximum atomic E-state index is 12.8. The number of esters is 1. The van der Waals surface area contributed by atoms with E-state index in [1.54, 1.807) is 24.1 Å². The normalized spacial score (nSPS) is 14.4. The smallest absolute Gasteiger partial charge is 0.387 e. The van der Waals surface area contributed by atoms with Gasteiger partial charge in [-0.3, -0.25) is 4.90 Å². The van der Waals surface area contributed by atoms with Gasteiger partial charge in [0.1, 0.15) is 11.5 Å². The van der Waals surface area contributed by atoms with Gasteiger partial charge in [0.25, 0.3) is 0 Å². The molecule has 1 aliphatic heterocycles. The Balaban J connectivity index is 1.34. The third-order valence-electron chi connectivity index (χ3n) is 6.71. The quantitative estimate of drug-likeness (QED) is 0.318. The molecule has 1 atom stereocenters. The molecule has 3 aromatic carbocycles. The molecule has 0 radical (unpaired) electrons. The van der Waals surface area contributed by atoms with E-state index in [1.165, 1.54) is 31.4 Å². The number of nitrogens with zero attached hydrogens (tertiary/aromatic N) is 2. The van der Waals surface area contributed by atoms with Crippen molar-refractivity contribution in [2.75, 3.05) is 52.3 Å². The number of alkyl halides is 2. The van der Waals surface area contributed by atoms with Crippen LogP contribution in [0.3, 0.4) is 0 Å². The lowest BCUT2D eigenvalue weighted by molar-refractivity contribution is -0.0498. The minimum Gasteiger partial charge on any atom is -0.497 e. The fourth-order valence-electron chi connectivity index (χ4n) is 4.44. The van der Waals surface area contributed by atoms with Gasteiger partial charge in [-0.15, -0.1) is 0 Å². The van der Waals surface area contributed by atoms with Gasteiger partial charge in [0.15, 0.2) is 0 Å². The Morgan fingerprint density at radius 2 is 1.61 bits per heavy atom. The maximum absolute atomic E-state index is 12.8. The minimum atomic E-state index is -2.90. The highest BCUT2D eigenvalue weighted by molar-refractivity contribution is 5.89. The second kappa shape index (κ2) is 14.4. The van der Waals surface area contributed by atoms with Gasteiger partial charge < -0.3 is 29.2 Å². The molecule has 0 saturated carbocycles. The molecule has 1 N–H and O–H groups in total. The summed E-state index contributed by atoms with van der Waals surface area (Å²) in [5.74, 6) is 0.364. The Kier molecular flexibility index (Phi) is 10.5. The number of nitrogens with one attached hydrogen (secondary N) is 1. The fraction of sp³-hybridized carbons (Fsp3) is 0.333. The topological polar surface area (TPSA) is 89.6 Å². The lowest BCUT2D eigenvalue weighted by Gasteiger charge is -2.36. The molecule has 1 unspecified atom stereocenters. The molecule has 0 spiro atoms. The third-order valence-corrected chi connectivity index (χ3v) is 6.71. The molecule has 11 heteroatoms. The van der Waals surface area contributed by atoms with Crippen LogP contribution in [0.5, 0.6) is 11.5 Å². The average molecular weight is 570 g/mol. The van der Waals surface area contributed by atoms with Crippen molar-refractivity contribution in [1.29, 1.82) is 0 Å². The molecule has 1 heterocycles. The fourth-order valence-corrected chi connectivity index (χ4v) is 4.44. The van der Waals surface area contributed by atoms with Crippen LogP contribution in [0, 0.1) is 0 Å². The lowest BCUT2D eigenvalue weighted by Crippen LogP contribution is -2.50. The third kappa shape index (κ3) is 8.63. The lowest BCUT2D eigenvalue weighted by atomic mass is 10.1. The standard InChI is InChI=1S/C30H33F2N3O6/c1-38-26-5-3-4-23(18-26)27(40-20-21-6-8-22(9-7-21)28(36)39-2)19-34-14-16-35(17-15-34)30(37)33-24-10-12-25(13-11-24)41-29(31)32/h3-13,18,27,29H,14-17,19-20H2,1-2H3,(H,33,37). The zero-order valence-corrected chi connectivity index (χ0v) is 22.9. The highest BCUT2D eigenvalue weighted by atomic mass is 19.3. The number of piperazine rings is 1. The number of halogens is 2. The summed E-state index contributed by atoms with van der Waals surface area (Å²) in [7, 11) is 2.97. The molecule has 218 valence electrons. The average Bonchev–Trinajstić information content (AvgIpc) is 3.00. The highest BCUT2D eigenvalue weighted by Crippen LogP contribution is 2.25. The van der Waals surface area contributed by atoms with Crippen LogP contribution in [-0.4, -0.2) is 75.4 Å². The monoisotopic (exact) mass is 569 g/mol. The van der Waals surface area contributed by atoms with Gasteiger partial charge in [-0.05, 0) is 59.7 Å². The van der Waals surface area contributed by atoms with E-state index in [1.807, 2.05) is 36.4 Å². The van der Waals surface area contributed by atoms with Gasteiger partial charge in [-0.1, -0.05) is 24.3 Å². The number of methoxy groups -OCH3 is 2. The van der Waals surface area contributed by atoms with Crippen LogP contribution in [0.2, 0.25) is 0 Å². The van der Waals surface area contributed by atoms with E-state index in [2.05, 4.69) is 15.0 Å². The van der Waals surface area contributed by atoms with Gasteiger partial charge in [-0.2, -0.15) is 8.78 Å². The van der Waals surface area contributed by atoms with E-state index in [0.717, 1.165) is 16.9 Å². The minimum absolute atomic E-state index is 0.0256. The summed E-state index contributed by atoms with van der Waals surface area (Å²) in [6, 6.07) is 20.4. The Labute approximate surface area is 237 Å². The van der Waals surface area contributed by atoms with E-state index in [4.69, 9.17) is 14.2 Å². The number of rotatable bonds is 11. The van der Waals surface area contributed by atoms with Crippen molar-refractivity contribution in [2.45, 2.75) is 19.3 Å². The van der Waals surface area contributed by atoms with E-state index in [9.17, 15) is 18.4 Å². The summed E-state index contributed by atoms with van der Waals surface area (Å²) in [6.45, 7) is 0.358. The first-order chi connectivity index (χ1) is 19.8. The van der Waals surface area contributed by atoms with Gasteiger partial charge in [0, 0.05) is 38.4 Å². The van der Waals surface area contributed by atoms with Crippen molar-refractivity contribution >= 4 is 17.7 Å². The largest absolute Gasteiger partial charge is 0.497 e. The summed E-state index contributed by atoms with van der Waals surface area (Å²) < 4.78 is 45.6. The number of urea groups is 1. The second-order valence-electron chi connectivity index (χ2n) is 9.39. The Morgan fingerprint density at radius 1 is 0.902 bits per heavy atom. The van der Waals surface area contributed by atoms with Crippen molar-refractivity contribution in [1.82, 2.24) is 9.80 Å². The van der Waals surface area contributed by atoms with Crippen LogP contribution in [0.25, 0.3) is 0 Å². The predicted octanol–water partition coefficient (Wildman–Crippen LogP) is 5.19. The van der Waals surface area contributed by atoms with Crippen LogP contribution in [0.15, 0.2) is 72.8 Å². The number of anilines is 1. The molecule has 1 fully saturated rings. The van der Waals surface area contributed by atoms with Gasteiger partial charge in [0.05, 0.1) is 32.5 Å². The zero-order chi connectivity index (χ0) is 29.2. The van der Waals surface area contributed by atoms with Crippen LogP contribution >= 0.6 is 0 Å². The number of carbonyl (C=O) groups is 2. The molecule has 41 heavy (non-hydrogen) atoms. The molecule has 2 amide bonds. The van der Waals surface area contributed by atoms with E-state index >= 15 is 0 Å². The number of hydrogen-bond donors (Lipinski definition) is 1. The first-order valence-electron chi connectivity index (χ1n) is 13.1. The van der Waals surface area contributed by atoms with Crippen molar-refractivity contribution in [3.05, 3.63) is 89.5 Å². The summed E-state index contributed by atoms with van der Waals surface area (Å²) in [5, 5.41) is 2.80.